The molecular weight excluding hydrogens is 270 g/mol. The van der Waals surface area contributed by atoms with E-state index in [0.29, 0.717) is 11.4 Å². The number of carbonyl (C=O) groups excluding carboxylic acids is 1. The molecule has 0 fully saturated rings. The fourth-order valence-corrected chi connectivity index (χ4v) is 2.47. The van der Waals surface area contributed by atoms with E-state index in [1.807, 2.05) is 26.0 Å². The summed E-state index contributed by atoms with van der Waals surface area (Å²) in [5, 5.41) is 3.68. The Kier molecular flexibility index (Phi) is 4.46. The zero-order valence-corrected chi connectivity index (χ0v) is 12.7. The minimum absolute atomic E-state index is 0.0117. The van der Waals surface area contributed by atoms with Gasteiger partial charge in [0.2, 0.25) is 5.91 Å². The van der Waals surface area contributed by atoms with Gasteiger partial charge >= 0.3 is 0 Å². The number of carbonyl (C=O) groups is 1. The second-order valence-corrected chi connectivity index (χ2v) is 5.56. The largest absolute Gasteiger partial charge is 0.325 e. The van der Waals surface area contributed by atoms with Crippen LogP contribution in [0.4, 0.5) is 5.69 Å². The molecule has 20 heavy (non-hydrogen) atoms. The van der Waals surface area contributed by atoms with Crippen molar-refractivity contribution in [1.82, 2.24) is 0 Å². The first kappa shape index (κ1) is 14.6. The Morgan fingerprint density at radius 2 is 1.60 bits per heavy atom. The fraction of sp³-hybridized carbons (Fsp3) is 0.235. The highest BCUT2D eigenvalue weighted by Gasteiger charge is 2.09. The normalized spacial score (nSPS) is 10.4. The van der Waals surface area contributed by atoms with E-state index in [-0.39, 0.29) is 5.91 Å². The third-order valence-electron chi connectivity index (χ3n) is 3.22. The Morgan fingerprint density at radius 1 is 1.05 bits per heavy atom. The second kappa shape index (κ2) is 6.10. The van der Waals surface area contributed by atoms with Crippen molar-refractivity contribution in [2.45, 2.75) is 27.2 Å². The summed E-state index contributed by atoms with van der Waals surface area (Å²) in [5.41, 5.74) is 5.25. The molecule has 2 rings (SSSR count). The Balaban J connectivity index is 2.10. The van der Waals surface area contributed by atoms with Crippen molar-refractivity contribution in [3.05, 3.63) is 63.7 Å². The summed E-state index contributed by atoms with van der Waals surface area (Å²) in [5.74, 6) is -0.0117. The number of benzene rings is 2. The molecule has 0 heterocycles. The molecule has 0 unspecified atom stereocenters. The Hall–Kier alpha value is -1.80. The molecule has 3 heteroatoms. The zero-order valence-electron chi connectivity index (χ0n) is 12.0. The van der Waals surface area contributed by atoms with E-state index >= 15 is 0 Å². The van der Waals surface area contributed by atoms with E-state index in [2.05, 4.69) is 24.4 Å². The van der Waals surface area contributed by atoms with Crippen LogP contribution in [-0.2, 0) is 11.2 Å². The molecule has 0 aromatic heterocycles. The van der Waals surface area contributed by atoms with Crippen molar-refractivity contribution >= 4 is 23.2 Å². The SMILES string of the molecule is Cc1cc(C)c(NC(=O)Cc2ccc(Cl)cc2)c(C)c1. The maximum absolute atomic E-state index is 12.1. The summed E-state index contributed by atoms with van der Waals surface area (Å²) in [6.45, 7) is 6.08. The Bertz CT molecular complexity index is 609. The summed E-state index contributed by atoms with van der Waals surface area (Å²) < 4.78 is 0. The van der Waals surface area contributed by atoms with Gasteiger partial charge in [-0.15, -0.1) is 0 Å². The number of halogens is 1. The van der Waals surface area contributed by atoms with E-state index in [9.17, 15) is 4.79 Å². The maximum Gasteiger partial charge on any atom is 0.228 e. The lowest BCUT2D eigenvalue weighted by atomic mass is 10.0. The van der Waals surface area contributed by atoms with E-state index in [4.69, 9.17) is 11.6 Å². The van der Waals surface area contributed by atoms with Crippen molar-refractivity contribution in [2.24, 2.45) is 0 Å². The van der Waals surface area contributed by atoms with Gasteiger partial charge in [0.25, 0.3) is 0 Å². The van der Waals surface area contributed by atoms with E-state index < -0.39 is 0 Å². The number of nitrogens with one attached hydrogen (secondary N) is 1. The number of anilines is 1. The van der Waals surface area contributed by atoms with Crippen LogP contribution in [0, 0.1) is 20.8 Å². The predicted molar refractivity (Wildman–Crippen MR) is 84.4 cm³/mol. The van der Waals surface area contributed by atoms with E-state index in [1.54, 1.807) is 12.1 Å². The third kappa shape index (κ3) is 3.61. The van der Waals surface area contributed by atoms with Crippen LogP contribution < -0.4 is 5.32 Å². The molecule has 2 aromatic rings. The molecule has 0 radical (unpaired) electrons. The van der Waals surface area contributed by atoms with Crippen LogP contribution in [0.5, 0.6) is 0 Å². The average Bonchev–Trinajstić information content (AvgIpc) is 2.36. The standard InChI is InChI=1S/C17H18ClNO/c1-11-8-12(2)17(13(3)9-11)19-16(20)10-14-4-6-15(18)7-5-14/h4-9H,10H2,1-3H3,(H,19,20). The smallest absolute Gasteiger partial charge is 0.228 e. The summed E-state index contributed by atoms with van der Waals surface area (Å²) in [6, 6.07) is 11.5. The number of hydrogen-bond donors (Lipinski definition) is 1. The first-order valence-corrected chi connectivity index (χ1v) is 6.95. The van der Waals surface area contributed by atoms with Crippen molar-refractivity contribution < 1.29 is 4.79 Å². The van der Waals surface area contributed by atoms with Gasteiger partial charge in [0.1, 0.15) is 0 Å². The highest BCUT2D eigenvalue weighted by Crippen LogP contribution is 2.22. The summed E-state index contributed by atoms with van der Waals surface area (Å²) >= 11 is 5.83. The average molecular weight is 288 g/mol. The molecule has 1 N–H and O–H groups in total. The van der Waals surface area contributed by atoms with Gasteiger partial charge in [0.15, 0.2) is 0 Å². The van der Waals surface area contributed by atoms with Crippen molar-refractivity contribution in [3.63, 3.8) is 0 Å². The van der Waals surface area contributed by atoms with Gasteiger partial charge in [-0.05, 0) is 49.6 Å². The molecule has 0 saturated carbocycles. The third-order valence-corrected chi connectivity index (χ3v) is 3.47. The first-order valence-electron chi connectivity index (χ1n) is 6.58. The number of hydrogen-bond acceptors (Lipinski definition) is 1. The van der Waals surface area contributed by atoms with Crippen LogP contribution >= 0.6 is 11.6 Å². The first-order chi connectivity index (χ1) is 9.45. The lowest BCUT2D eigenvalue weighted by molar-refractivity contribution is -0.115. The van der Waals surface area contributed by atoms with Crippen molar-refractivity contribution in [1.29, 1.82) is 0 Å². The topological polar surface area (TPSA) is 29.1 Å². The number of aryl methyl sites for hydroxylation is 3. The molecule has 0 spiro atoms. The van der Waals surface area contributed by atoms with Crippen LogP contribution in [0.1, 0.15) is 22.3 Å². The summed E-state index contributed by atoms with van der Waals surface area (Å²) in [4.78, 5) is 12.1. The molecule has 0 saturated heterocycles. The molecule has 0 atom stereocenters. The van der Waals surface area contributed by atoms with Crippen molar-refractivity contribution in [2.75, 3.05) is 5.32 Å². The van der Waals surface area contributed by atoms with Crippen LogP contribution in [0.15, 0.2) is 36.4 Å². The zero-order chi connectivity index (χ0) is 14.7. The monoisotopic (exact) mass is 287 g/mol. The molecule has 2 aromatic carbocycles. The molecule has 0 aliphatic heterocycles. The Labute approximate surface area is 124 Å². The van der Waals surface area contributed by atoms with Crippen LogP contribution in [0.25, 0.3) is 0 Å². The number of amides is 1. The Morgan fingerprint density at radius 3 is 2.15 bits per heavy atom. The number of rotatable bonds is 3. The van der Waals surface area contributed by atoms with E-state index in [1.165, 1.54) is 5.56 Å². The lowest BCUT2D eigenvalue weighted by Gasteiger charge is -2.13. The molecule has 0 bridgehead atoms. The molecule has 104 valence electrons. The second-order valence-electron chi connectivity index (χ2n) is 5.13. The maximum atomic E-state index is 12.1. The van der Waals surface area contributed by atoms with Gasteiger partial charge in [-0.25, -0.2) is 0 Å². The van der Waals surface area contributed by atoms with Gasteiger partial charge in [0.05, 0.1) is 6.42 Å². The highest BCUT2D eigenvalue weighted by atomic mass is 35.5. The van der Waals surface area contributed by atoms with Gasteiger partial charge in [-0.3, -0.25) is 4.79 Å². The van der Waals surface area contributed by atoms with Gasteiger partial charge in [-0.2, -0.15) is 0 Å². The van der Waals surface area contributed by atoms with Gasteiger partial charge in [-0.1, -0.05) is 41.4 Å². The van der Waals surface area contributed by atoms with Crippen LogP contribution in [-0.4, -0.2) is 5.91 Å². The minimum atomic E-state index is -0.0117. The van der Waals surface area contributed by atoms with Crippen LogP contribution in [0.2, 0.25) is 5.02 Å². The molecule has 2 nitrogen and oxygen atoms in total. The molecule has 1 amide bonds. The van der Waals surface area contributed by atoms with Gasteiger partial charge < -0.3 is 5.32 Å². The fourth-order valence-electron chi connectivity index (χ4n) is 2.35. The quantitative estimate of drug-likeness (QED) is 0.888. The molecule has 0 aliphatic rings. The van der Waals surface area contributed by atoms with E-state index in [0.717, 1.165) is 22.4 Å². The molecule has 0 aliphatic carbocycles. The highest BCUT2D eigenvalue weighted by molar-refractivity contribution is 6.30. The van der Waals surface area contributed by atoms with Crippen molar-refractivity contribution in [3.8, 4) is 0 Å². The minimum Gasteiger partial charge on any atom is -0.325 e. The lowest BCUT2D eigenvalue weighted by Crippen LogP contribution is -2.16. The summed E-state index contributed by atoms with van der Waals surface area (Å²) in [6.07, 6.45) is 0.351. The summed E-state index contributed by atoms with van der Waals surface area (Å²) in [7, 11) is 0. The van der Waals surface area contributed by atoms with Crippen LogP contribution in [0.3, 0.4) is 0 Å². The van der Waals surface area contributed by atoms with Gasteiger partial charge in [0, 0.05) is 10.7 Å². The predicted octanol–water partition coefficient (Wildman–Crippen LogP) is 4.45. The molecular formula is C17H18ClNO.